The van der Waals surface area contributed by atoms with Gasteiger partial charge in [0.15, 0.2) is 5.69 Å². The van der Waals surface area contributed by atoms with Gasteiger partial charge in [0, 0.05) is 12.7 Å². The smallest absolute Gasteiger partial charge is 0.397 e. The number of pyridine rings is 1. The van der Waals surface area contributed by atoms with Gasteiger partial charge in [0.2, 0.25) is 0 Å². The monoisotopic (exact) mass is 263 g/mol. The minimum atomic E-state index is -4.55. The van der Waals surface area contributed by atoms with E-state index in [2.05, 4.69) is 4.98 Å². The van der Waals surface area contributed by atoms with Gasteiger partial charge in [-0.1, -0.05) is 0 Å². The first kappa shape index (κ1) is 14.2. The summed E-state index contributed by atoms with van der Waals surface area (Å²) in [6.45, 7) is -2.47. The van der Waals surface area contributed by atoms with Crippen molar-refractivity contribution in [3.8, 4) is 0 Å². The van der Waals surface area contributed by atoms with Crippen LogP contribution in [0.25, 0.3) is 0 Å². The number of aliphatic hydroxyl groups is 1. The summed E-state index contributed by atoms with van der Waals surface area (Å²) in [4.78, 5) is 15.9. The highest BCUT2D eigenvalue weighted by molar-refractivity contribution is 5.97. The summed E-state index contributed by atoms with van der Waals surface area (Å²) >= 11 is 0. The predicted octanol–water partition coefficient (Wildman–Crippen LogP) is 0.661. The molecule has 1 aromatic heterocycles. The highest BCUT2D eigenvalue weighted by Gasteiger charge is 2.33. The molecule has 0 aliphatic rings. The Morgan fingerprint density at radius 1 is 1.50 bits per heavy atom. The van der Waals surface area contributed by atoms with E-state index in [4.69, 9.17) is 10.8 Å². The van der Waals surface area contributed by atoms with Crippen LogP contribution in [0.5, 0.6) is 0 Å². The molecule has 8 heteroatoms. The molecule has 0 aliphatic carbocycles. The third-order valence-corrected chi connectivity index (χ3v) is 2.07. The Bertz CT molecular complexity index is 423. The summed E-state index contributed by atoms with van der Waals surface area (Å²) < 4.78 is 36.8. The Hall–Kier alpha value is -1.83. The van der Waals surface area contributed by atoms with Gasteiger partial charge in [0.1, 0.15) is 6.54 Å². The number of aromatic nitrogens is 1. The van der Waals surface area contributed by atoms with E-state index in [1.807, 2.05) is 0 Å². The fourth-order valence-corrected chi connectivity index (χ4v) is 1.34. The second kappa shape index (κ2) is 5.67. The van der Waals surface area contributed by atoms with Crippen molar-refractivity contribution in [1.82, 2.24) is 9.88 Å². The third kappa shape index (κ3) is 3.88. The van der Waals surface area contributed by atoms with E-state index in [-0.39, 0.29) is 11.4 Å². The number of halogens is 3. The van der Waals surface area contributed by atoms with Crippen LogP contribution < -0.4 is 5.73 Å². The maximum atomic E-state index is 12.3. The van der Waals surface area contributed by atoms with Crippen LogP contribution in [0.3, 0.4) is 0 Å². The SMILES string of the molecule is Nc1cccnc1C(=O)N(CCO)CC(F)(F)F. The second-order valence-corrected chi connectivity index (χ2v) is 3.51. The summed E-state index contributed by atoms with van der Waals surface area (Å²) in [6, 6.07) is 2.83. The van der Waals surface area contributed by atoms with E-state index in [1.165, 1.54) is 18.3 Å². The van der Waals surface area contributed by atoms with Gasteiger partial charge in [0.25, 0.3) is 5.91 Å². The largest absolute Gasteiger partial charge is 0.406 e. The van der Waals surface area contributed by atoms with Gasteiger partial charge in [0.05, 0.1) is 12.3 Å². The molecule has 0 spiro atoms. The van der Waals surface area contributed by atoms with Crippen LogP contribution in [-0.2, 0) is 0 Å². The van der Waals surface area contributed by atoms with Crippen molar-refractivity contribution in [3.63, 3.8) is 0 Å². The highest BCUT2D eigenvalue weighted by atomic mass is 19.4. The number of anilines is 1. The molecule has 18 heavy (non-hydrogen) atoms. The number of aliphatic hydroxyl groups excluding tert-OH is 1. The molecular formula is C10H12F3N3O2. The average molecular weight is 263 g/mol. The van der Waals surface area contributed by atoms with Crippen molar-refractivity contribution in [2.75, 3.05) is 25.4 Å². The maximum Gasteiger partial charge on any atom is 0.406 e. The molecule has 0 aliphatic heterocycles. The molecule has 0 bridgehead atoms. The highest BCUT2D eigenvalue weighted by Crippen LogP contribution is 2.18. The van der Waals surface area contributed by atoms with E-state index in [1.54, 1.807) is 0 Å². The van der Waals surface area contributed by atoms with Crippen LogP contribution in [0.2, 0.25) is 0 Å². The first-order valence-corrected chi connectivity index (χ1v) is 5.02. The minimum Gasteiger partial charge on any atom is -0.397 e. The lowest BCUT2D eigenvalue weighted by Gasteiger charge is -2.23. The maximum absolute atomic E-state index is 12.3. The first-order chi connectivity index (χ1) is 8.35. The van der Waals surface area contributed by atoms with Gasteiger partial charge in [-0.2, -0.15) is 13.2 Å². The summed E-state index contributed by atoms with van der Waals surface area (Å²) in [5.41, 5.74) is 5.20. The lowest BCUT2D eigenvalue weighted by molar-refractivity contribution is -0.141. The minimum absolute atomic E-state index is 0.00684. The molecule has 0 unspecified atom stereocenters. The van der Waals surface area contributed by atoms with Gasteiger partial charge in [-0.05, 0) is 12.1 Å². The van der Waals surface area contributed by atoms with Gasteiger partial charge in [-0.3, -0.25) is 4.79 Å². The van der Waals surface area contributed by atoms with Crippen molar-refractivity contribution in [2.24, 2.45) is 0 Å². The van der Waals surface area contributed by atoms with E-state index in [9.17, 15) is 18.0 Å². The third-order valence-electron chi connectivity index (χ3n) is 2.07. The second-order valence-electron chi connectivity index (χ2n) is 3.51. The van der Waals surface area contributed by atoms with E-state index in [0.717, 1.165) is 0 Å². The molecule has 5 nitrogen and oxygen atoms in total. The van der Waals surface area contributed by atoms with Crippen LogP contribution in [-0.4, -0.2) is 46.8 Å². The number of carbonyl (C=O) groups excluding carboxylic acids is 1. The zero-order valence-corrected chi connectivity index (χ0v) is 9.31. The molecule has 1 heterocycles. The topological polar surface area (TPSA) is 79.5 Å². The molecule has 1 aromatic rings. The fourth-order valence-electron chi connectivity index (χ4n) is 1.34. The van der Waals surface area contributed by atoms with Crippen LogP contribution in [0.15, 0.2) is 18.3 Å². The summed E-state index contributed by atoms with van der Waals surface area (Å²) in [5, 5.41) is 8.69. The molecule has 100 valence electrons. The molecule has 3 N–H and O–H groups in total. The Morgan fingerprint density at radius 2 is 2.17 bits per heavy atom. The molecule has 0 saturated heterocycles. The molecule has 1 rings (SSSR count). The number of carbonyl (C=O) groups is 1. The van der Waals surface area contributed by atoms with Gasteiger partial charge < -0.3 is 15.7 Å². The summed E-state index contributed by atoms with van der Waals surface area (Å²) in [7, 11) is 0. The number of hydrogen-bond donors (Lipinski definition) is 2. The van der Waals surface area contributed by atoms with Gasteiger partial charge in [-0.25, -0.2) is 4.98 Å². The molecule has 0 aromatic carbocycles. The number of nitrogen functional groups attached to an aromatic ring is 1. The van der Waals surface area contributed by atoms with Gasteiger partial charge >= 0.3 is 6.18 Å². The number of rotatable bonds is 4. The van der Waals surface area contributed by atoms with E-state index in [0.29, 0.717) is 4.90 Å². The summed E-state index contributed by atoms with van der Waals surface area (Å²) in [5.74, 6) is -0.959. The molecule has 0 radical (unpaired) electrons. The Labute approximate surface area is 101 Å². The zero-order chi connectivity index (χ0) is 13.8. The van der Waals surface area contributed by atoms with Crippen LogP contribution in [0.1, 0.15) is 10.5 Å². The van der Waals surface area contributed by atoms with Crippen molar-refractivity contribution < 1.29 is 23.1 Å². The molecule has 0 atom stereocenters. The van der Waals surface area contributed by atoms with Crippen molar-refractivity contribution in [1.29, 1.82) is 0 Å². The van der Waals surface area contributed by atoms with E-state index < -0.39 is 31.8 Å². The van der Waals surface area contributed by atoms with Gasteiger partial charge in [-0.15, -0.1) is 0 Å². The normalized spacial score (nSPS) is 11.3. The average Bonchev–Trinajstić information content (AvgIpc) is 2.26. The molecule has 1 amide bonds. The van der Waals surface area contributed by atoms with E-state index >= 15 is 0 Å². The fraction of sp³-hybridized carbons (Fsp3) is 0.400. The van der Waals surface area contributed by atoms with Crippen molar-refractivity contribution >= 4 is 11.6 Å². The Balaban J connectivity index is 2.93. The molecule has 0 saturated carbocycles. The predicted molar refractivity (Wildman–Crippen MR) is 57.7 cm³/mol. The number of amides is 1. The number of alkyl halides is 3. The van der Waals surface area contributed by atoms with Crippen LogP contribution >= 0.6 is 0 Å². The standard InChI is InChI=1S/C10H12F3N3O2/c11-10(12,13)6-16(4-5-17)9(18)8-7(14)2-1-3-15-8/h1-3,17H,4-6,14H2. The number of nitrogens with zero attached hydrogens (tertiary/aromatic N) is 2. The van der Waals surface area contributed by atoms with Crippen LogP contribution in [0, 0.1) is 0 Å². The van der Waals surface area contributed by atoms with Crippen molar-refractivity contribution in [3.05, 3.63) is 24.0 Å². The molecule has 0 fully saturated rings. The lowest BCUT2D eigenvalue weighted by atomic mass is 10.2. The number of nitrogens with two attached hydrogens (primary N) is 1. The summed E-state index contributed by atoms with van der Waals surface area (Å²) in [6.07, 6.45) is -3.29. The lowest BCUT2D eigenvalue weighted by Crippen LogP contribution is -2.41. The quantitative estimate of drug-likeness (QED) is 0.836. The zero-order valence-electron chi connectivity index (χ0n) is 9.31. The Kier molecular flexibility index (Phi) is 4.49. The van der Waals surface area contributed by atoms with Crippen LogP contribution in [0.4, 0.5) is 18.9 Å². The first-order valence-electron chi connectivity index (χ1n) is 5.02. The van der Waals surface area contributed by atoms with Crippen molar-refractivity contribution in [2.45, 2.75) is 6.18 Å². The number of hydrogen-bond acceptors (Lipinski definition) is 4. The Morgan fingerprint density at radius 3 is 2.67 bits per heavy atom. The molecular weight excluding hydrogens is 251 g/mol.